The Hall–Kier alpha value is -1.80. The Kier molecular flexibility index (Phi) is 5.54. The van der Waals surface area contributed by atoms with E-state index >= 15 is 0 Å². The van der Waals surface area contributed by atoms with Gasteiger partial charge in [0.25, 0.3) is 0 Å². The molecule has 2 fully saturated rings. The van der Waals surface area contributed by atoms with Crippen molar-refractivity contribution in [2.45, 2.75) is 43.9 Å². The van der Waals surface area contributed by atoms with Crippen molar-refractivity contribution in [3.05, 3.63) is 71.3 Å². The summed E-state index contributed by atoms with van der Waals surface area (Å²) in [5.74, 6) is 0. The summed E-state index contributed by atoms with van der Waals surface area (Å²) in [5.41, 5.74) is 2.88. The number of aliphatic hydroxyl groups is 2. The summed E-state index contributed by atoms with van der Waals surface area (Å²) in [6, 6.07) is 17.4. The average molecular weight is 372 g/mol. The molecule has 0 aliphatic carbocycles. The van der Waals surface area contributed by atoms with Crippen LogP contribution in [0.25, 0.3) is 0 Å². The molecule has 2 unspecified atom stereocenters. The van der Waals surface area contributed by atoms with Gasteiger partial charge in [-0.05, 0) is 6.92 Å². The van der Waals surface area contributed by atoms with E-state index in [4.69, 9.17) is 18.9 Å². The van der Waals surface area contributed by atoms with Crippen LogP contribution in [0.3, 0.4) is 0 Å². The monoisotopic (exact) mass is 372 g/mol. The van der Waals surface area contributed by atoms with Gasteiger partial charge in [0.15, 0.2) is 12.6 Å². The molecular formula is C21H24O6. The van der Waals surface area contributed by atoms with Crippen LogP contribution in [0.15, 0.2) is 54.6 Å². The lowest BCUT2D eigenvalue weighted by atomic mass is 9.99. The van der Waals surface area contributed by atoms with E-state index in [1.54, 1.807) is 0 Å². The van der Waals surface area contributed by atoms with Gasteiger partial charge in [-0.1, -0.05) is 60.2 Å². The zero-order valence-electron chi connectivity index (χ0n) is 15.1. The summed E-state index contributed by atoms with van der Waals surface area (Å²) in [5, 5.41) is 19.8. The van der Waals surface area contributed by atoms with Gasteiger partial charge >= 0.3 is 0 Å². The zero-order chi connectivity index (χ0) is 18.8. The summed E-state index contributed by atoms with van der Waals surface area (Å²) in [7, 11) is 0. The topological polar surface area (TPSA) is 77.4 Å². The van der Waals surface area contributed by atoms with Crippen molar-refractivity contribution in [1.29, 1.82) is 0 Å². The van der Waals surface area contributed by atoms with Gasteiger partial charge in [-0.2, -0.15) is 0 Å². The van der Waals surface area contributed by atoms with E-state index in [1.807, 2.05) is 61.5 Å². The normalized spacial score (nSPS) is 31.9. The molecule has 2 saturated heterocycles. The summed E-state index contributed by atoms with van der Waals surface area (Å²) in [6.45, 7) is 1.90. The highest BCUT2D eigenvalue weighted by atomic mass is 16.8. The van der Waals surface area contributed by atoms with Gasteiger partial charge in [0.1, 0.15) is 24.4 Å². The second kappa shape index (κ2) is 8.06. The Morgan fingerprint density at radius 2 is 1.63 bits per heavy atom. The van der Waals surface area contributed by atoms with Gasteiger partial charge in [0.2, 0.25) is 0 Å². The molecule has 27 heavy (non-hydrogen) atoms. The molecule has 0 amide bonds. The summed E-state index contributed by atoms with van der Waals surface area (Å²) in [4.78, 5) is 0. The van der Waals surface area contributed by atoms with Gasteiger partial charge in [0, 0.05) is 11.1 Å². The molecule has 2 aromatic carbocycles. The third kappa shape index (κ3) is 3.91. The first-order chi connectivity index (χ1) is 13.2. The SMILES string of the molecule is Cc1ccc(C2OC[C@@H]3OC(c4ccccc4)O[C@H]([C@H](O)CO)[C@@H]3O2)cc1. The molecule has 0 aromatic heterocycles. The quantitative estimate of drug-likeness (QED) is 0.857. The highest BCUT2D eigenvalue weighted by molar-refractivity contribution is 5.23. The van der Waals surface area contributed by atoms with Crippen molar-refractivity contribution in [2.75, 3.05) is 13.2 Å². The molecule has 2 N–H and O–H groups in total. The van der Waals surface area contributed by atoms with Crippen LogP contribution in [-0.2, 0) is 18.9 Å². The Bertz CT molecular complexity index is 734. The molecule has 0 radical (unpaired) electrons. The number of aryl methyl sites for hydroxylation is 1. The Morgan fingerprint density at radius 1 is 0.926 bits per heavy atom. The molecule has 0 saturated carbocycles. The minimum atomic E-state index is -1.08. The lowest BCUT2D eigenvalue weighted by Crippen LogP contribution is -2.58. The fourth-order valence-electron chi connectivity index (χ4n) is 3.44. The third-order valence-corrected chi connectivity index (χ3v) is 4.95. The van der Waals surface area contributed by atoms with Gasteiger partial charge in [-0.15, -0.1) is 0 Å². The standard InChI is InChI=1S/C21H24O6/c1-13-7-9-15(10-8-13)20-24-12-17-19(27-20)18(16(23)11-22)26-21(25-17)14-5-3-2-4-6-14/h2-10,16-23H,11-12H2,1H3/t16-,17+,18-,19-,20?,21?/m1/s1. The van der Waals surface area contributed by atoms with Crippen LogP contribution in [0.4, 0.5) is 0 Å². The van der Waals surface area contributed by atoms with Gasteiger partial charge in [-0.3, -0.25) is 0 Å². The Balaban J connectivity index is 1.55. The van der Waals surface area contributed by atoms with Crippen molar-refractivity contribution >= 4 is 0 Å². The minimum Gasteiger partial charge on any atom is -0.394 e. The second-order valence-corrected chi connectivity index (χ2v) is 6.94. The van der Waals surface area contributed by atoms with Crippen LogP contribution in [0, 0.1) is 6.92 Å². The predicted molar refractivity (Wildman–Crippen MR) is 96.8 cm³/mol. The van der Waals surface area contributed by atoms with Crippen molar-refractivity contribution in [3.8, 4) is 0 Å². The number of ether oxygens (including phenoxy) is 4. The van der Waals surface area contributed by atoms with Crippen LogP contribution in [0.1, 0.15) is 29.3 Å². The number of benzene rings is 2. The average Bonchev–Trinajstić information content (AvgIpc) is 2.73. The van der Waals surface area contributed by atoms with E-state index < -0.39 is 43.6 Å². The summed E-state index contributed by atoms with van der Waals surface area (Å²) >= 11 is 0. The van der Waals surface area contributed by atoms with E-state index in [0.29, 0.717) is 6.61 Å². The van der Waals surface area contributed by atoms with Crippen molar-refractivity contribution in [1.82, 2.24) is 0 Å². The molecule has 2 aliphatic heterocycles. The molecule has 0 spiro atoms. The van der Waals surface area contributed by atoms with E-state index in [9.17, 15) is 10.2 Å². The highest BCUT2D eigenvalue weighted by Gasteiger charge is 2.48. The van der Waals surface area contributed by atoms with E-state index in [-0.39, 0.29) is 0 Å². The first-order valence-corrected chi connectivity index (χ1v) is 9.14. The van der Waals surface area contributed by atoms with Crippen molar-refractivity contribution < 1.29 is 29.2 Å². The lowest BCUT2D eigenvalue weighted by molar-refractivity contribution is -0.373. The van der Waals surface area contributed by atoms with Crippen LogP contribution >= 0.6 is 0 Å². The summed E-state index contributed by atoms with van der Waals surface area (Å²) in [6.07, 6.45) is -3.98. The highest BCUT2D eigenvalue weighted by Crippen LogP contribution is 2.38. The molecule has 2 aromatic rings. The van der Waals surface area contributed by atoms with Gasteiger partial charge in [-0.25, -0.2) is 0 Å². The van der Waals surface area contributed by atoms with Crippen LogP contribution < -0.4 is 0 Å². The zero-order valence-corrected chi connectivity index (χ0v) is 15.1. The second-order valence-electron chi connectivity index (χ2n) is 6.94. The van der Waals surface area contributed by atoms with Crippen LogP contribution in [0.2, 0.25) is 0 Å². The Morgan fingerprint density at radius 3 is 2.33 bits per heavy atom. The van der Waals surface area contributed by atoms with Crippen molar-refractivity contribution in [3.63, 3.8) is 0 Å². The van der Waals surface area contributed by atoms with Gasteiger partial charge in [0.05, 0.1) is 13.2 Å². The maximum atomic E-state index is 10.3. The first-order valence-electron chi connectivity index (χ1n) is 9.14. The largest absolute Gasteiger partial charge is 0.394 e. The number of rotatable bonds is 4. The molecule has 2 heterocycles. The number of hydrogen-bond acceptors (Lipinski definition) is 6. The number of aliphatic hydroxyl groups excluding tert-OH is 2. The lowest BCUT2D eigenvalue weighted by Gasteiger charge is -2.47. The minimum absolute atomic E-state index is 0.310. The molecule has 6 atom stereocenters. The number of hydrogen-bond donors (Lipinski definition) is 2. The molecule has 6 heteroatoms. The van der Waals surface area contributed by atoms with E-state index in [1.165, 1.54) is 0 Å². The molecule has 144 valence electrons. The maximum absolute atomic E-state index is 10.3. The first kappa shape index (κ1) is 18.6. The van der Waals surface area contributed by atoms with E-state index in [0.717, 1.165) is 16.7 Å². The third-order valence-electron chi connectivity index (χ3n) is 4.95. The predicted octanol–water partition coefficient (Wildman–Crippen LogP) is 2.25. The van der Waals surface area contributed by atoms with Crippen LogP contribution in [-0.4, -0.2) is 47.8 Å². The molecular weight excluding hydrogens is 348 g/mol. The smallest absolute Gasteiger partial charge is 0.184 e. The number of fused-ring (bicyclic) bond motifs is 1. The fraction of sp³-hybridized carbons (Fsp3) is 0.429. The summed E-state index contributed by atoms with van der Waals surface area (Å²) < 4.78 is 24.0. The Labute approximate surface area is 158 Å². The molecule has 2 aliphatic rings. The van der Waals surface area contributed by atoms with Crippen LogP contribution in [0.5, 0.6) is 0 Å². The molecule has 0 bridgehead atoms. The van der Waals surface area contributed by atoms with Crippen molar-refractivity contribution in [2.24, 2.45) is 0 Å². The fourth-order valence-corrected chi connectivity index (χ4v) is 3.44. The maximum Gasteiger partial charge on any atom is 0.184 e. The van der Waals surface area contributed by atoms with E-state index in [2.05, 4.69) is 0 Å². The van der Waals surface area contributed by atoms with Gasteiger partial charge < -0.3 is 29.2 Å². The molecule has 6 nitrogen and oxygen atoms in total. The molecule has 4 rings (SSSR count).